The van der Waals surface area contributed by atoms with Crippen molar-refractivity contribution in [2.75, 3.05) is 11.4 Å². The summed E-state index contributed by atoms with van der Waals surface area (Å²) in [5.74, 6) is -0.738. The summed E-state index contributed by atoms with van der Waals surface area (Å²) in [6, 6.07) is 8.38. The van der Waals surface area contributed by atoms with Gasteiger partial charge in [-0.1, -0.05) is 24.1 Å². The van der Waals surface area contributed by atoms with Crippen LogP contribution in [-0.2, 0) is 4.79 Å². The van der Waals surface area contributed by atoms with Gasteiger partial charge in [-0.15, -0.1) is 18.2 Å². The van der Waals surface area contributed by atoms with Crippen LogP contribution in [0.2, 0.25) is 0 Å². The molecule has 3 unspecified atom stereocenters. The van der Waals surface area contributed by atoms with E-state index in [1.165, 1.54) is 0 Å². The summed E-state index contributed by atoms with van der Waals surface area (Å²) >= 11 is 6.52. The number of aliphatic hydroxyl groups is 1. The summed E-state index contributed by atoms with van der Waals surface area (Å²) in [4.78, 5) is 13.0. The van der Waals surface area contributed by atoms with Crippen LogP contribution < -0.4 is 4.90 Å². The van der Waals surface area contributed by atoms with Gasteiger partial charge in [0, 0.05) is 24.7 Å². The highest BCUT2D eigenvalue weighted by Crippen LogP contribution is 2.33. The maximum Gasteiger partial charge on any atom is 0.303 e. The van der Waals surface area contributed by atoms with E-state index in [2.05, 4.69) is 23.6 Å². The molecule has 1 aliphatic heterocycles. The van der Waals surface area contributed by atoms with Crippen molar-refractivity contribution < 1.29 is 15.0 Å². The first kappa shape index (κ1) is 21.8. The van der Waals surface area contributed by atoms with Crippen molar-refractivity contribution in [3.63, 3.8) is 0 Å². The Bertz CT molecular complexity index is 616. The third-order valence-electron chi connectivity index (χ3n) is 5.29. The minimum absolute atomic E-state index is 0.0993. The average molecular weight is 394 g/mol. The number of aliphatic hydroxyl groups excluding tert-OH is 1. The molecule has 1 aromatic carbocycles. The van der Waals surface area contributed by atoms with Gasteiger partial charge >= 0.3 is 5.97 Å². The highest BCUT2D eigenvalue weighted by molar-refractivity contribution is 6.21. The van der Waals surface area contributed by atoms with E-state index < -0.39 is 12.1 Å². The zero-order valence-corrected chi connectivity index (χ0v) is 17.0. The lowest BCUT2D eigenvalue weighted by atomic mass is 10.0. The van der Waals surface area contributed by atoms with Gasteiger partial charge in [-0.05, 0) is 63.1 Å². The van der Waals surface area contributed by atoms with E-state index in [9.17, 15) is 9.90 Å². The second-order valence-electron chi connectivity index (χ2n) is 7.66. The number of carboxylic acid groups (broad SMARTS) is 1. The number of hydrogen-bond donors (Lipinski definition) is 2. The Morgan fingerprint density at radius 2 is 1.96 bits per heavy atom. The number of anilines is 1. The molecule has 150 valence electrons. The Morgan fingerprint density at radius 1 is 1.26 bits per heavy atom. The highest BCUT2D eigenvalue weighted by Gasteiger charge is 2.32. The third kappa shape index (κ3) is 6.86. The predicted molar refractivity (Wildman–Crippen MR) is 112 cm³/mol. The number of aliphatic carboxylic acids is 1. The lowest BCUT2D eigenvalue weighted by molar-refractivity contribution is -0.137. The molecule has 2 N–H and O–H groups in total. The van der Waals surface area contributed by atoms with E-state index in [-0.39, 0.29) is 17.8 Å². The number of allylic oxidation sites excluding steroid dienone is 1. The molecule has 2 rings (SSSR count). The lowest BCUT2D eigenvalue weighted by Crippen LogP contribution is -2.33. The second-order valence-corrected chi connectivity index (χ2v) is 8.22. The number of halogens is 1. The van der Waals surface area contributed by atoms with Gasteiger partial charge in [0.05, 0.1) is 11.5 Å². The molecule has 5 heteroatoms. The first-order chi connectivity index (χ1) is 12.9. The van der Waals surface area contributed by atoms with Gasteiger partial charge in [0.25, 0.3) is 0 Å². The molecule has 0 aromatic heterocycles. The van der Waals surface area contributed by atoms with Crippen molar-refractivity contribution in [3.05, 3.63) is 42.0 Å². The molecule has 0 saturated carbocycles. The number of carboxylic acids is 1. The predicted octanol–water partition coefficient (Wildman–Crippen LogP) is 5.30. The molecule has 27 heavy (non-hydrogen) atoms. The SMILES string of the molecule is C=C(C)CCCC(O)c1ccc(N2CCC(Cl)C2CCCCC(=O)O)cc1. The number of rotatable bonds is 11. The van der Waals surface area contributed by atoms with E-state index in [1.807, 2.05) is 19.1 Å². The Morgan fingerprint density at radius 3 is 2.59 bits per heavy atom. The fraction of sp³-hybridized carbons (Fsp3) is 0.591. The Hall–Kier alpha value is -1.52. The van der Waals surface area contributed by atoms with Crippen LogP contribution in [0.3, 0.4) is 0 Å². The molecular weight excluding hydrogens is 362 g/mol. The molecule has 0 amide bonds. The van der Waals surface area contributed by atoms with Gasteiger partial charge in [0.2, 0.25) is 0 Å². The summed E-state index contributed by atoms with van der Waals surface area (Å²) < 4.78 is 0. The number of unbranched alkanes of at least 4 members (excludes halogenated alkanes) is 1. The maximum absolute atomic E-state index is 10.7. The van der Waals surface area contributed by atoms with E-state index in [0.29, 0.717) is 6.42 Å². The minimum Gasteiger partial charge on any atom is -0.481 e. The monoisotopic (exact) mass is 393 g/mol. The van der Waals surface area contributed by atoms with Gasteiger partial charge in [-0.3, -0.25) is 4.79 Å². The lowest BCUT2D eigenvalue weighted by Gasteiger charge is -2.28. The first-order valence-corrected chi connectivity index (χ1v) is 10.4. The highest BCUT2D eigenvalue weighted by atomic mass is 35.5. The van der Waals surface area contributed by atoms with Crippen LogP contribution in [0.4, 0.5) is 5.69 Å². The van der Waals surface area contributed by atoms with Crippen LogP contribution in [0, 0.1) is 0 Å². The Balaban J connectivity index is 1.91. The molecule has 1 aromatic rings. The molecule has 3 atom stereocenters. The summed E-state index contributed by atoms with van der Waals surface area (Å²) in [5, 5.41) is 19.2. The smallest absolute Gasteiger partial charge is 0.303 e. The van der Waals surface area contributed by atoms with Crippen LogP contribution in [0.1, 0.15) is 70.0 Å². The van der Waals surface area contributed by atoms with Crippen LogP contribution in [0.25, 0.3) is 0 Å². The molecule has 0 spiro atoms. The molecule has 4 nitrogen and oxygen atoms in total. The topological polar surface area (TPSA) is 60.8 Å². The van der Waals surface area contributed by atoms with Crippen molar-refractivity contribution in [1.29, 1.82) is 0 Å². The van der Waals surface area contributed by atoms with Crippen LogP contribution in [-0.4, -0.2) is 34.1 Å². The molecule has 0 bridgehead atoms. The quantitative estimate of drug-likeness (QED) is 0.304. The molecular formula is C22H32ClNO3. The van der Waals surface area contributed by atoms with Crippen LogP contribution in [0.15, 0.2) is 36.4 Å². The molecule has 1 fully saturated rings. The molecule has 1 saturated heterocycles. The molecule has 0 radical (unpaired) electrons. The number of alkyl halides is 1. The molecule has 1 aliphatic rings. The fourth-order valence-corrected chi connectivity index (χ4v) is 4.11. The average Bonchev–Trinajstić information content (AvgIpc) is 2.99. The van der Waals surface area contributed by atoms with Crippen molar-refractivity contribution in [2.45, 2.75) is 75.8 Å². The summed E-state index contributed by atoms with van der Waals surface area (Å²) in [7, 11) is 0. The molecule has 1 heterocycles. The van der Waals surface area contributed by atoms with E-state index >= 15 is 0 Å². The Labute approximate surface area is 167 Å². The van der Waals surface area contributed by atoms with Gasteiger partial charge < -0.3 is 15.1 Å². The number of benzene rings is 1. The number of nitrogens with zero attached hydrogens (tertiary/aromatic N) is 1. The van der Waals surface area contributed by atoms with Crippen molar-refractivity contribution >= 4 is 23.3 Å². The van der Waals surface area contributed by atoms with E-state index in [4.69, 9.17) is 16.7 Å². The second kappa shape index (κ2) is 10.7. The largest absolute Gasteiger partial charge is 0.481 e. The zero-order valence-electron chi connectivity index (χ0n) is 16.2. The van der Waals surface area contributed by atoms with Crippen LogP contribution in [0.5, 0.6) is 0 Å². The molecule has 0 aliphatic carbocycles. The number of carbonyl (C=O) groups is 1. The summed E-state index contributed by atoms with van der Waals surface area (Å²) in [5.41, 5.74) is 3.22. The Kier molecular flexibility index (Phi) is 8.65. The van der Waals surface area contributed by atoms with Gasteiger partial charge in [0.1, 0.15) is 0 Å². The van der Waals surface area contributed by atoms with Crippen molar-refractivity contribution in [3.8, 4) is 0 Å². The van der Waals surface area contributed by atoms with E-state index in [0.717, 1.165) is 61.9 Å². The van der Waals surface area contributed by atoms with Gasteiger partial charge in [0.15, 0.2) is 0 Å². The minimum atomic E-state index is -0.738. The first-order valence-electron chi connectivity index (χ1n) is 9.93. The summed E-state index contributed by atoms with van der Waals surface area (Å²) in [6.45, 7) is 6.83. The van der Waals surface area contributed by atoms with E-state index in [1.54, 1.807) is 0 Å². The van der Waals surface area contributed by atoms with Crippen molar-refractivity contribution in [1.82, 2.24) is 0 Å². The third-order valence-corrected chi connectivity index (χ3v) is 5.80. The fourth-order valence-electron chi connectivity index (χ4n) is 3.75. The van der Waals surface area contributed by atoms with Gasteiger partial charge in [-0.2, -0.15) is 0 Å². The standard InChI is InChI=1S/C22H32ClNO3/c1-16(2)6-5-8-21(25)17-10-12-18(13-11-17)24-15-14-19(23)20(24)7-3-4-9-22(26)27/h10-13,19-21,25H,1,3-9,14-15H2,2H3,(H,26,27). The number of hydrogen-bond acceptors (Lipinski definition) is 3. The summed E-state index contributed by atoms with van der Waals surface area (Å²) in [6.07, 6.45) is 5.83. The maximum atomic E-state index is 10.7. The van der Waals surface area contributed by atoms with Gasteiger partial charge in [-0.25, -0.2) is 0 Å². The van der Waals surface area contributed by atoms with Crippen LogP contribution >= 0.6 is 11.6 Å². The normalized spacial score (nSPS) is 20.6. The zero-order chi connectivity index (χ0) is 19.8. The van der Waals surface area contributed by atoms with Crippen molar-refractivity contribution in [2.24, 2.45) is 0 Å².